The van der Waals surface area contributed by atoms with E-state index in [9.17, 15) is 13.6 Å². The molecule has 22 heavy (non-hydrogen) atoms. The Labute approximate surface area is 127 Å². The average Bonchev–Trinajstić information content (AvgIpc) is 2.82. The fraction of sp³-hybridized carbons (Fsp3) is 0.438. The van der Waals surface area contributed by atoms with Crippen LogP contribution in [-0.2, 0) is 11.2 Å². The maximum Gasteiger partial charge on any atom is 0.247 e. The van der Waals surface area contributed by atoms with Crippen LogP contribution >= 0.6 is 0 Å². The number of hydrogen-bond donors (Lipinski definition) is 2. The molecule has 0 unspecified atom stereocenters. The Balaban J connectivity index is 2.06. The minimum absolute atomic E-state index is 0.0387. The van der Waals surface area contributed by atoms with Crippen molar-refractivity contribution in [2.24, 2.45) is 0 Å². The fourth-order valence-electron chi connectivity index (χ4n) is 2.29. The number of carbonyl (C=O) groups is 1. The Morgan fingerprint density at radius 1 is 1.41 bits per heavy atom. The molecule has 0 aliphatic carbocycles. The Hall–Kier alpha value is -2.11. The smallest absolute Gasteiger partial charge is 0.247 e. The first-order valence-corrected chi connectivity index (χ1v) is 7.27. The van der Waals surface area contributed by atoms with Crippen molar-refractivity contribution >= 4 is 16.8 Å². The first-order valence-electron chi connectivity index (χ1n) is 7.27. The van der Waals surface area contributed by atoms with Gasteiger partial charge in [0, 0.05) is 30.1 Å². The maximum atomic E-state index is 12.7. The van der Waals surface area contributed by atoms with Crippen LogP contribution in [0.5, 0.6) is 5.75 Å². The van der Waals surface area contributed by atoms with Gasteiger partial charge in [0.15, 0.2) is 0 Å². The van der Waals surface area contributed by atoms with Gasteiger partial charge in [-0.2, -0.15) is 0 Å². The van der Waals surface area contributed by atoms with Crippen molar-refractivity contribution in [1.82, 2.24) is 10.3 Å². The van der Waals surface area contributed by atoms with Crippen LogP contribution in [0.25, 0.3) is 10.9 Å². The number of aromatic amines is 1. The molecule has 4 nitrogen and oxygen atoms in total. The first kappa shape index (κ1) is 16.3. The second-order valence-corrected chi connectivity index (χ2v) is 5.27. The number of halogens is 2. The summed E-state index contributed by atoms with van der Waals surface area (Å²) < 4.78 is 31.0. The number of alkyl halides is 2. The van der Waals surface area contributed by atoms with E-state index in [1.165, 1.54) is 0 Å². The number of rotatable bonds is 7. The molecule has 2 aromatic rings. The van der Waals surface area contributed by atoms with E-state index in [0.717, 1.165) is 23.4 Å². The Morgan fingerprint density at radius 2 is 2.18 bits per heavy atom. The molecular formula is C16H20F2N2O2. The molecular weight excluding hydrogens is 290 g/mol. The van der Waals surface area contributed by atoms with Gasteiger partial charge < -0.3 is 15.0 Å². The molecule has 6 heteroatoms. The Kier molecular flexibility index (Phi) is 5.00. The van der Waals surface area contributed by atoms with Gasteiger partial charge in [0.05, 0.1) is 13.0 Å². The van der Waals surface area contributed by atoms with Crippen LogP contribution in [0.1, 0.15) is 25.8 Å². The molecule has 120 valence electrons. The van der Waals surface area contributed by atoms with Crippen LogP contribution < -0.4 is 10.1 Å². The summed E-state index contributed by atoms with van der Waals surface area (Å²) in [4.78, 5) is 15.0. The predicted octanol–water partition coefficient (Wildman–Crippen LogP) is 3.27. The second kappa shape index (κ2) is 6.77. The minimum Gasteiger partial charge on any atom is -0.493 e. The van der Waals surface area contributed by atoms with Crippen molar-refractivity contribution in [3.63, 3.8) is 0 Å². The lowest BCUT2D eigenvalue weighted by atomic mass is 10.1. The Bertz CT molecular complexity index is 647. The number of H-pyrrole nitrogens is 1. The zero-order valence-electron chi connectivity index (χ0n) is 12.7. The summed E-state index contributed by atoms with van der Waals surface area (Å²) in [5.74, 6) is -2.34. The van der Waals surface area contributed by atoms with Crippen molar-refractivity contribution in [1.29, 1.82) is 0 Å². The lowest BCUT2D eigenvalue weighted by Gasteiger charge is -2.11. The standard InChI is InChI=1S/C16H20F2N2O2/c1-3-22-13-6-4-5-12-15(13)11(10-20-12)9-14(21)19-8-7-16(2,17)18/h4-6,10,20H,3,7-9H2,1-2H3,(H,19,21). The molecule has 0 spiro atoms. The summed E-state index contributed by atoms with van der Waals surface area (Å²) >= 11 is 0. The van der Waals surface area contributed by atoms with E-state index in [0.29, 0.717) is 12.4 Å². The molecule has 0 saturated carbocycles. The number of benzene rings is 1. The highest BCUT2D eigenvalue weighted by molar-refractivity contribution is 5.93. The van der Waals surface area contributed by atoms with E-state index >= 15 is 0 Å². The molecule has 0 saturated heterocycles. The lowest BCUT2D eigenvalue weighted by molar-refractivity contribution is -0.120. The third-order valence-corrected chi connectivity index (χ3v) is 3.29. The molecule has 0 aliphatic heterocycles. The molecule has 1 heterocycles. The van der Waals surface area contributed by atoms with E-state index in [2.05, 4.69) is 10.3 Å². The van der Waals surface area contributed by atoms with Crippen molar-refractivity contribution in [3.05, 3.63) is 30.0 Å². The summed E-state index contributed by atoms with van der Waals surface area (Å²) in [6.45, 7) is 3.22. The number of amides is 1. The van der Waals surface area contributed by atoms with Gasteiger partial charge in [-0.15, -0.1) is 0 Å². The van der Waals surface area contributed by atoms with Crippen LogP contribution in [0.2, 0.25) is 0 Å². The van der Waals surface area contributed by atoms with E-state index < -0.39 is 5.92 Å². The van der Waals surface area contributed by atoms with E-state index in [-0.39, 0.29) is 25.3 Å². The molecule has 1 aromatic heterocycles. The van der Waals surface area contributed by atoms with E-state index in [1.807, 2.05) is 25.1 Å². The monoisotopic (exact) mass is 310 g/mol. The average molecular weight is 310 g/mol. The quantitative estimate of drug-likeness (QED) is 0.824. The number of nitrogens with one attached hydrogen (secondary N) is 2. The van der Waals surface area contributed by atoms with Gasteiger partial charge in [-0.25, -0.2) is 8.78 Å². The predicted molar refractivity (Wildman–Crippen MR) is 81.4 cm³/mol. The third-order valence-electron chi connectivity index (χ3n) is 3.29. The lowest BCUT2D eigenvalue weighted by Crippen LogP contribution is -2.29. The summed E-state index contributed by atoms with van der Waals surface area (Å²) in [5, 5.41) is 3.38. The third kappa shape index (κ3) is 4.19. The van der Waals surface area contributed by atoms with Crippen LogP contribution in [0.15, 0.2) is 24.4 Å². The van der Waals surface area contributed by atoms with Crippen LogP contribution in [0, 0.1) is 0 Å². The number of fused-ring (bicyclic) bond motifs is 1. The number of carbonyl (C=O) groups excluding carboxylic acids is 1. The van der Waals surface area contributed by atoms with E-state index in [1.54, 1.807) is 6.20 Å². The molecule has 0 bridgehead atoms. The summed E-state index contributed by atoms with van der Waals surface area (Å²) in [6.07, 6.45) is 1.51. The molecule has 0 radical (unpaired) electrons. The van der Waals surface area contributed by atoms with Gasteiger partial charge in [-0.05, 0) is 31.5 Å². The highest BCUT2D eigenvalue weighted by Crippen LogP contribution is 2.29. The molecule has 2 N–H and O–H groups in total. The van der Waals surface area contributed by atoms with Gasteiger partial charge in [0.1, 0.15) is 5.75 Å². The van der Waals surface area contributed by atoms with Gasteiger partial charge in [-0.3, -0.25) is 4.79 Å². The summed E-state index contributed by atoms with van der Waals surface area (Å²) in [5.41, 5.74) is 1.67. The van der Waals surface area contributed by atoms with Gasteiger partial charge in [0.25, 0.3) is 0 Å². The summed E-state index contributed by atoms with van der Waals surface area (Å²) in [6, 6.07) is 5.62. The van der Waals surface area contributed by atoms with Crippen molar-refractivity contribution in [2.75, 3.05) is 13.2 Å². The minimum atomic E-state index is -2.77. The zero-order chi connectivity index (χ0) is 16.2. The molecule has 0 atom stereocenters. The second-order valence-electron chi connectivity index (χ2n) is 5.27. The number of aromatic nitrogens is 1. The molecule has 0 aliphatic rings. The van der Waals surface area contributed by atoms with Crippen LogP contribution in [0.3, 0.4) is 0 Å². The highest BCUT2D eigenvalue weighted by Gasteiger charge is 2.20. The van der Waals surface area contributed by atoms with Crippen LogP contribution in [0.4, 0.5) is 8.78 Å². The van der Waals surface area contributed by atoms with Crippen molar-refractivity contribution in [2.45, 2.75) is 32.6 Å². The molecule has 2 rings (SSSR count). The van der Waals surface area contributed by atoms with Gasteiger partial charge >= 0.3 is 0 Å². The highest BCUT2D eigenvalue weighted by atomic mass is 19.3. The van der Waals surface area contributed by atoms with Crippen LogP contribution in [-0.4, -0.2) is 30.0 Å². The largest absolute Gasteiger partial charge is 0.493 e. The van der Waals surface area contributed by atoms with Gasteiger partial charge in [0.2, 0.25) is 11.8 Å². The van der Waals surface area contributed by atoms with Crippen molar-refractivity contribution < 1.29 is 18.3 Å². The SMILES string of the molecule is CCOc1cccc2[nH]cc(CC(=O)NCCC(C)(F)F)c12. The Morgan fingerprint density at radius 3 is 2.86 bits per heavy atom. The van der Waals surface area contributed by atoms with Gasteiger partial charge in [-0.1, -0.05) is 6.07 Å². The van der Waals surface area contributed by atoms with Crippen molar-refractivity contribution in [3.8, 4) is 5.75 Å². The zero-order valence-corrected chi connectivity index (χ0v) is 12.7. The summed E-state index contributed by atoms with van der Waals surface area (Å²) in [7, 11) is 0. The topological polar surface area (TPSA) is 54.1 Å². The van der Waals surface area contributed by atoms with E-state index in [4.69, 9.17) is 4.74 Å². The molecule has 1 aromatic carbocycles. The maximum absolute atomic E-state index is 12.7. The first-order chi connectivity index (χ1) is 10.4. The number of ether oxygens (including phenoxy) is 1. The normalized spacial score (nSPS) is 11.6. The fourth-order valence-corrected chi connectivity index (χ4v) is 2.29. The molecule has 0 fully saturated rings. The number of hydrogen-bond acceptors (Lipinski definition) is 2. The molecule has 1 amide bonds.